The van der Waals surface area contributed by atoms with Crippen molar-refractivity contribution in [3.63, 3.8) is 0 Å². The summed E-state index contributed by atoms with van der Waals surface area (Å²) in [5, 5.41) is 2.38. The van der Waals surface area contributed by atoms with Gasteiger partial charge in [-0.25, -0.2) is 0 Å². The van der Waals surface area contributed by atoms with E-state index in [-0.39, 0.29) is 0 Å². The molecule has 1 aromatic carbocycles. The highest BCUT2D eigenvalue weighted by Crippen LogP contribution is 2.59. The van der Waals surface area contributed by atoms with E-state index in [1.54, 1.807) is 5.41 Å². The average molecular weight is 258 g/mol. The van der Waals surface area contributed by atoms with Gasteiger partial charge in [0, 0.05) is 14.2 Å². The standard InChI is InChI=1S/C11H15O3PS/c1-13-15(12,14-2)11(9-16-3)10-7-5-4-6-8-10/h4-9H,1-3H3/b11-9+. The maximum atomic E-state index is 12.3. The fourth-order valence-electron chi connectivity index (χ4n) is 1.28. The average Bonchev–Trinajstić information content (AvgIpc) is 2.36. The summed E-state index contributed by atoms with van der Waals surface area (Å²) < 4.78 is 22.3. The van der Waals surface area contributed by atoms with Gasteiger partial charge in [-0.2, -0.15) is 0 Å². The molecule has 1 aromatic rings. The zero-order valence-corrected chi connectivity index (χ0v) is 11.3. The third-order valence-electron chi connectivity index (χ3n) is 2.07. The Balaban J connectivity index is 3.21. The van der Waals surface area contributed by atoms with Crippen LogP contribution < -0.4 is 0 Å². The van der Waals surface area contributed by atoms with Crippen LogP contribution in [0.2, 0.25) is 0 Å². The summed E-state index contributed by atoms with van der Waals surface area (Å²) >= 11 is 1.47. The maximum absolute atomic E-state index is 12.3. The predicted octanol–water partition coefficient (Wildman–Crippen LogP) is 3.83. The van der Waals surface area contributed by atoms with Crippen molar-refractivity contribution < 1.29 is 13.6 Å². The van der Waals surface area contributed by atoms with Gasteiger partial charge in [-0.3, -0.25) is 4.57 Å². The summed E-state index contributed by atoms with van der Waals surface area (Å²) in [6.45, 7) is 0. The molecule has 0 aliphatic heterocycles. The Morgan fingerprint density at radius 1 is 1.25 bits per heavy atom. The van der Waals surface area contributed by atoms with Gasteiger partial charge in [0.15, 0.2) is 0 Å². The molecule has 0 atom stereocenters. The summed E-state index contributed by atoms with van der Waals surface area (Å²) in [7, 11) is -0.409. The van der Waals surface area contributed by atoms with Crippen LogP contribution in [0.3, 0.4) is 0 Å². The lowest BCUT2D eigenvalue weighted by atomic mass is 10.2. The first-order chi connectivity index (χ1) is 7.68. The molecule has 0 aromatic heterocycles. The van der Waals surface area contributed by atoms with Gasteiger partial charge in [-0.1, -0.05) is 30.3 Å². The van der Waals surface area contributed by atoms with Crippen LogP contribution in [0.4, 0.5) is 0 Å². The Kier molecular flexibility index (Phi) is 5.29. The first kappa shape index (κ1) is 13.5. The number of hydrogen-bond acceptors (Lipinski definition) is 4. The molecule has 0 N–H and O–H groups in total. The minimum Gasteiger partial charge on any atom is -0.309 e. The van der Waals surface area contributed by atoms with E-state index in [1.165, 1.54) is 26.0 Å². The maximum Gasteiger partial charge on any atom is 0.361 e. The second kappa shape index (κ2) is 6.26. The Morgan fingerprint density at radius 2 is 1.81 bits per heavy atom. The smallest absolute Gasteiger partial charge is 0.309 e. The van der Waals surface area contributed by atoms with Gasteiger partial charge in [-0.05, 0) is 17.2 Å². The normalized spacial score (nSPS) is 12.8. The van der Waals surface area contributed by atoms with Crippen molar-refractivity contribution in [3.8, 4) is 0 Å². The molecule has 88 valence electrons. The molecular formula is C11H15O3PS. The molecule has 0 aliphatic carbocycles. The molecule has 0 aliphatic rings. The van der Waals surface area contributed by atoms with Crippen LogP contribution in [0.15, 0.2) is 35.7 Å². The quantitative estimate of drug-likeness (QED) is 0.752. The topological polar surface area (TPSA) is 35.5 Å². The van der Waals surface area contributed by atoms with Crippen molar-refractivity contribution >= 4 is 24.7 Å². The molecule has 16 heavy (non-hydrogen) atoms. The van der Waals surface area contributed by atoms with E-state index in [4.69, 9.17) is 9.05 Å². The molecule has 0 fully saturated rings. The lowest BCUT2D eigenvalue weighted by molar-refractivity contribution is 0.288. The van der Waals surface area contributed by atoms with Crippen LogP contribution in [0.5, 0.6) is 0 Å². The van der Waals surface area contributed by atoms with Gasteiger partial charge in [0.05, 0.1) is 5.31 Å². The van der Waals surface area contributed by atoms with E-state index in [0.717, 1.165) is 5.56 Å². The van der Waals surface area contributed by atoms with Gasteiger partial charge >= 0.3 is 7.60 Å². The van der Waals surface area contributed by atoms with Crippen molar-refractivity contribution in [1.29, 1.82) is 0 Å². The zero-order chi connectivity index (χ0) is 12.0. The zero-order valence-electron chi connectivity index (χ0n) is 9.54. The summed E-state index contributed by atoms with van der Waals surface area (Å²) in [6.07, 6.45) is 1.90. The largest absolute Gasteiger partial charge is 0.361 e. The van der Waals surface area contributed by atoms with Gasteiger partial charge in [0.25, 0.3) is 0 Å². The highest BCUT2D eigenvalue weighted by atomic mass is 32.2. The number of thioether (sulfide) groups is 1. The molecule has 0 saturated heterocycles. The fraction of sp³-hybridized carbons (Fsp3) is 0.273. The molecule has 0 spiro atoms. The van der Waals surface area contributed by atoms with Gasteiger partial charge in [-0.15, -0.1) is 11.8 Å². The first-order valence-corrected chi connectivity index (χ1v) is 7.51. The monoisotopic (exact) mass is 258 g/mol. The number of rotatable bonds is 5. The summed E-state index contributed by atoms with van der Waals surface area (Å²) in [5.41, 5.74) is 0.851. The van der Waals surface area contributed by atoms with Crippen molar-refractivity contribution in [2.75, 3.05) is 20.5 Å². The van der Waals surface area contributed by atoms with Crippen molar-refractivity contribution in [3.05, 3.63) is 41.3 Å². The predicted molar refractivity (Wildman–Crippen MR) is 69.6 cm³/mol. The highest BCUT2D eigenvalue weighted by Gasteiger charge is 2.28. The van der Waals surface area contributed by atoms with Crippen LogP contribution in [-0.2, 0) is 13.6 Å². The molecule has 1 rings (SSSR count). The van der Waals surface area contributed by atoms with Crippen LogP contribution in [0.25, 0.3) is 5.31 Å². The van der Waals surface area contributed by atoms with Crippen LogP contribution >= 0.6 is 19.4 Å². The fourth-order valence-corrected chi connectivity index (χ4v) is 3.48. The lowest BCUT2D eigenvalue weighted by Gasteiger charge is -2.17. The van der Waals surface area contributed by atoms with Gasteiger partial charge in [0.2, 0.25) is 0 Å². The van der Waals surface area contributed by atoms with Crippen molar-refractivity contribution in [2.24, 2.45) is 0 Å². The molecule has 3 nitrogen and oxygen atoms in total. The van der Waals surface area contributed by atoms with E-state index >= 15 is 0 Å². The number of benzene rings is 1. The molecule has 5 heteroatoms. The summed E-state index contributed by atoms with van der Waals surface area (Å²) in [6, 6.07) is 9.45. The van der Waals surface area contributed by atoms with Gasteiger partial charge < -0.3 is 9.05 Å². The minimum atomic E-state index is -3.19. The van der Waals surface area contributed by atoms with Crippen molar-refractivity contribution in [2.45, 2.75) is 0 Å². The van der Waals surface area contributed by atoms with E-state index < -0.39 is 7.60 Å². The minimum absolute atomic E-state index is 0.589. The molecule has 0 unspecified atom stereocenters. The Labute approximate surface area is 100 Å². The third kappa shape index (κ3) is 2.98. The second-order valence-corrected chi connectivity index (χ2v) is 5.88. The SMILES string of the molecule is COP(=O)(OC)/C(=C/SC)c1ccccc1. The van der Waals surface area contributed by atoms with E-state index in [1.807, 2.05) is 36.6 Å². The molecule has 0 amide bonds. The molecule has 0 bridgehead atoms. The Morgan fingerprint density at radius 3 is 2.25 bits per heavy atom. The van der Waals surface area contributed by atoms with Crippen LogP contribution in [-0.4, -0.2) is 20.5 Å². The third-order valence-corrected chi connectivity index (χ3v) is 4.66. The van der Waals surface area contributed by atoms with E-state index in [9.17, 15) is 4.57 Å². The number of hydrogen-bond donors (Lipinski definition) is 0. The van der Waals surface area contributed by atoms with Crippen LogP contribution in [0, 0.1) is 0 Å². The lowest BCUT2D eigenvalue weighted by Crippen LogP contribution is -1.92. The molecule has 0 heterocycles. The van der Waals surface area contributed by atoms with E-state index in [0.29, 0.717) is 5.31 Å². The molecular weight excluding hydrogens is 243 g/mol. The summed E-state index contributed by atoms with van der Waals surface area (Å²) in [5.74, 6) is 0. The second-order valence-electron chi connectivity index (χ2n) is 2.97. The Hall–Kier alpha value is -0.540. The Bertz CT molecular complexity index is 395. The molecule has 0 saturated carbocycles. The van der Waals surface area contributed by atoms with Crippen molar-refractivity contribution in [1.82, 2.24) is 0 Å². The molecule has 0 radical (unpaired) electrons. The highest BCUT2D eigenvalue weighted by molar-refractivity contribution is 8.02. The summed E-state index contributed by atoms with van der Waals surface area (Å²) in [4.78, 5) is 0. The van der Waals surface area contributed by atoms with E-state index in [2.05, 4.69) is 0 Å². The van der Waals surface area contributed by atoms with Gasteiger partial charge in [0.1, 0.15) is 0 Å². The first-order valence-electron chi connectivity index (χ1n) is 4.68. The van der Waals surface area contributed by atoms with Crippen LogP contribution in [0.1, 0.15) is 5.56 Å².